The summed E-state index contributed by atoms with van der Waals surface area (Å²) in [7, 11) is 0. The molecule has 24 heavy (non-hydrogen) atoms. The maximum Gasteiger partial charge on any atom is 0.272 e. The van der Waals surface area contributed by atoms with Gasteiger partial charge in [0.1, 0.15) is 11.4 Å². The van der Waals surface area contributed by atoms with Crippen molar-refractivity contribution in [2.24, 2.45) is 0 Å². The number of phenolic OH excluding ortho intramolecular Hbond substituents is 1. The maximum atomic E-state index is 12.9. The molecule has 2 aromatic rings. The van der Waals surface area contributed by atoms with Gasteiger partial charge >= 0.3 is 0 Å². The van der Waals surface area contributed by atoms with Crippen LogP contribution in [0.1, 0.15) is 28.9 Å². The number of amides is 1. The molecule has 1 aromatic carbocycles. The summed E-state index contributed by atoms with van der Waals surface area (Å²) in [6.45, 7) is 1.47. The fraction of sp³-hybridized carbons (Fsp3) is 0.333. The van der Waals surface area contributed by atoms with Gasteiger partial charge in [0.2, 0.25) is 0 Å². The largest absolute Gasteiger partial charge is 0.508 e. The van der Waals surface area contributed by atoms with Crippen molar-refractivity contribution in [3.8, 4) is 5.75 Å². The molecule has 1 N–H and O–H groups in total. The first-order valence-corrected chi connectivity index (χ1v) is 8.30. The molecule has 2 heterocycles. The zero-order valence-electron chi connectivity index (χ0n) is 13.2. The quantitative estimate of drug-likeness (QED) is 0.902. The standard InChI is InChI=1S/C18H19ClN2O3/c19-14-7-8-20-16(10-14)18(23)21(12-15-5-3-9-24-15)11-13-4-1-2-6-17(13)22/h1-2,4,6-8,10,15,22H,3,5,9,11-12H2/t15-/m0/s1. The van der Waals surface area contributed by atoms with Crippen molar-refractivity contribution in [1.82, 2.24) is 9.88 Å². The number of carbonyl (C=O) groups is 1. The van der Waals surface area contributed by atoms with E-state index >= 15 is 0 Å². The molecule has 3 rings (SSSR count). The Morgan fingerprint density at radius 2 is 2.21 bits per heavy atom. The molecule has 1 atom stereocenters. The van der Waals surface area contributed by atoms with Gasteiger partial charge in [-0.05, 0) is 31.0 Å². The molecule has 1 aromatic heterocycles. The van der Waals surface area contributed by atoms with Crippen LogP contribution < -0.4 is 0 Å². The lowest BCUT2D eigenvalue weighted by atomic mass is 10.1. The predicted molar refractivity (Wildman–Crippen MR) is 91.1 cm³/mol. The number of aromatic hydroxyl groups is 1. The molecule has 0 unspecified atom stereocenters. The Kier molecular flexibility index (Phi) is 5.33. The van der Waals surface area contributed by atoms with E-state index in [0.29, 0.717) is 23.7 Å². The third-order valence-electron chi connectivity index (χ3n) is 4.03. The normalized spacial score (nSPS) is 17.0. The number of phenols is 1. The number of carbonyl (C=O) groups excluding carboxylic acids is 1. The highest BCUT2D eigenvalue weighted by Crippen LogP contribution is 2.22. The number of pyridine rings is 1. The molecule has 0 spiro atoms. The summed E-state index contributed by atoms with van der Waals surface area (Å²) in [5.74, 6) is -0.0575. The molecule has 6 heteroatoms. The van der Waals surface area contributed by atoms with Gasteiger partial charge in [0.25, 0.3) is 5.91 Å². The van der Waals surface area contributed by atoms with Crippen LogP contribution in [0, 0.1) is 0 Å². The Morgan fingerprint density at radius 1 is 1.38 bits per heavy atom. The Hall–Kier alpha value is -2.11. The number of rotatable bonds is 5. The van der Waals surface area contributed by atoms with Crippen LogP contribution in [0.5, 0.6) is 5.75 Å². The van der Waals surface area contributed by atoms with Crippen molar-refractivity contribution in [3.05, 3.63) is 58.9 Å². The van der Waals surface area contributed by atoms with Crippen LogP contribution in [0.25, 0.3) is 0 Å². The first-order chi connectivity index (χ1) is 11.6. The van der Waals surface area contributed by atoms with Crippen molar-refractivity contribution >= 4 is 17.5 Å². The van der Waals surface area contributed by atoms with Crippen LogP contribution in [0.3, 0.4) is 0 Å². The van der Waals surface area contributed by atoms with Gasteiger partial charge in [-0.2, -0.15) is 0 Å². The minimum absolute atomic E-state index is 0.0130. The summed E-state index contributed by atoms with van der Waals surface area (Å²) in [5, 5.41) is 10.5. The average Bonchev–Trinajstić information content (AvgIpc) is 3.08. The fourth-order valence-electron chi connectivity index (χ4n) is 2.79. The van der Waals surface area contributed by atoms with E-state index in [-0.39, 0.29) is 23.5 Å². The molecular formula is C18H19ClN2O3. The molecule has 0 aliphatic carbocycles. The van der Waals surface area contributed by atoms with Crippen molar-refractivity contribution in [1.29, 1.82) is 0 Å². The topological polar surface area (TPSA) is 62.7 Å². The number of aromatic nitrogens is 1. The highest BCUT2D eigenvalue weighted by molar-refractivity contribution is 6.30. The van der Waals surface area contributed by atoms with E-state index in [0.717, 1.165) is 19.4 Å². The van der Waals surface area contributed by atoms with Gasteiger partial charge in [-0.25, -0.2) is 0 Å². The highest BCUT2D eigenvalue weighted by Gasteiger charge is 2.25. The summed E-state index contributed by atoms with van der Waals surface area (Å²) in [5.41, 5.74) is 0.974. The average molecular weight is 347 g/mol. The molecule has 0 bridgehead atoms. The van der Waals surface area contributed by atoms with Crippen molar-refractivity contribution in [2.75, 3.05) is 13.2 Å². The number of hydrogen-bond donors (Lipinski definition) is 1. The van der Waals surface area contributed by atoms with E-state index in [4.69, 9.17) is 16.3 Å². The molecule has 0 radical (unpaired) electrons. The van der Waals surface area contributed by atoms with E-state index < -0.39 is 0 Å². The molecule has 1 aliphatic heterocycles. The van der Waals surface area contributed by atoms with Gasteiger partial charge in [0.05, 0.1) is 6.10 Å². The van der Waals surface area contributed by atoms with Crippen molar-refractivity contribution in [2.45, 2.75) is 25.5 Å². The van der Waals surface area contributed by atoms with Crippen molar-refractivity contribution in [3.63, 3.8) is 0 Å². The maximum absolute atomic E-state index is 12.9. The summed E-state index contributed by atoms with van der Waals surface area (Å²) < 4.78 is 5.66. The van der Waals surface area contributed by atoms with E-state index in [1.165, 1.54) is 6.20 Å². The predicted octanol–water partition coefficient (Wildman–Crippen LogP) is 3.26. The highest BCUT2D eigenvalue weighted by atomic mass is 35.5. The third-order valence-corrected chi connectivity index (χ3v) is 4.26. The van der Waals surface area contributed by atoms with Crippen LogP contribution in [-0.4, -0.2) is 40.2 Å². The second kappa shape index (κ2) is 7.64. The first kappa shape index (κ1) is 16.7. The van der Waals surface area contributed by atoms with E-state index in [1.807, 2.05) is 6.07 Å². The molecular weight excluding hydrogens is 328 g/mol. The number of nitrogens with zero attached hydrogens (tertiary/aromatic N) is 2. The van der Waals surface area contributed by atoms with Crippen LogP contribution in [0.4, 0.5) is 0 Å². The molecule has 5 nitrogen and oxygen atoms in total. The Morgan fingerprint density at radius 3 is 2.92 bits per heavy atom. The number of benzene rings is 1. The Labute approximate surface area is 145 Å². The van der Waals surface area contributed by atoms with E-state index in [9.17, 15) is 9.90 Å². The molecule has 1 aliphatic rings. The van der Waals surface area contributed by atoms with Crippen molar-refractivity contribution < 1.29 is 14.6 Å². The Balaban J connectivity index is 1.83. The number of hydrogen-bond acceptors (Lipinski definition) is 4. The summed E-state index contributed by atoms with van der Waals surface area (Å²) in [6.07, 6.45) is 3.45. The smallest absolute Gasteiger partial charge is 0.272 e. The lowest BCUT2D eigenvalue weighted by Gasteiger charge is -2.25. The first-order valence-electron chi connectivity index (χ1n) is 7.93. The van der Waals surface area contributed by atoms with Gasteiger partial charge in [-0.3, -0.25) is 9.78 Å². The van der Waals surface area contributed by atoms with Gasteiger partial charge in [0.15, 0.2) is 0 Å². The lowest BCUT2D eigenvalue weighted by Crippen LogP contribution is -2.37. The summed E-state index contributed by atoms with van der Waals surface area (Å²) in [4.78, 5) is 18.6. The minimum atomic E-state index is -0.226. The van der Waals surface area contributed by atoms with Gasteiger partial charge in [-0.1, -0.05) is 29.8 Å². The zero-order valence-corrected chi connectivity index (χ0v) is 13.9. The van der Waals surface area contributed by atoms with Gasteiger partial charge in [0, 0.05) is 36.5 Å². The van der Waals surface area contributed by atoms with E-state index in [2.05, 4.69) is 4.98 Å². The van der Waals surface area contributed by atoms with Crippen LogP contribution in [0.2, 0.25) is 5.02 Å². The minimum Gasteiger partial charge on any atom is -0.508 e. The molecule has 0 saturated carbocycles. The molecule has 1 saturated heterocycles. The SMILES string of the molecule is O=C(c1cc(Cl)ccn1)N(Cc1ccccc1O)C[C@@H]1CCCO1. The number of para-hydroxylation sites is 1. The van der Waals surface area contributed by atoms with Gasteiger partial charge in [-0.15, -0.1) is 0 Å². The third kappa shape index (κ3) is 4.04. The second-order valence-electron chi connectivity index (χ2n) is 5.81. The molecule has 1 amide bonds. The second-order valence-corrected chi connectivity index (χ2v) is 6.25. The summed E-state index contributed by atoms with van der Waals surface area (Å²) >= 11 is 5.97. The van der Waals surface area contributed by atoms with Crippen LogP contribution in [-0.2, 0) is 11.3 Å². The number of ether oxygens (including phenoxy) is 1. The fourth-order valence-corrected chi connectivity index (χ4v) is 2.95. The lowest BCUT2D eigenvalue weighted by molar-refractivity contribution is 0.0501. The summed E-state index contributed by atoms with van der Waals surface area (Å²) in [6, 6.07) is 10.2. The van der Waals surface area contributed by atoms with E-state index in [1.54, 1.807) is 35.2 Å². The monoisotopic (exact) mass is 346 g/mol. The van der Waals surface area contributed by atoms with Crippen LogP contribution >= 0.6 is 11.6 Å². The molecule has 1 fully saturated rings. The molecule has 126 valence electrons. The number of halogens is 1. The zero-order chi connectivity index (χ0) is 16.9. The Bertz CT molecular complexity index is 717. The van der Waals surface area contributed by atoms with Crippen LogP contribution in [0.15, 0.2) is 42.6 Å². The van der Waals surface area contributed by atoms with Gasteiger partial charge < -0.3 is 14.7 Å².